The molecule has 2 amide bonds. The first-order valence-corrected chi connectivity index (χ1v) is 11.3. The van der Waals surface area contributed by atoms with Crippen LogP contribution in [-0.2, 0) is 16.1 Å². The van der Waals surface area contributed by atoms with Gasteiger partial charge in [0.1, 0.15) is 10.6 Å². The molecule has 32 heavy (non-hydrogen) atoms. The predicted octanol–water partition coefficient (Wildman–Crippen LogP) is 5.39. The van der Waals surface area contributed by atoms with Crippen molar-refractivity contribution in [2.75, 3.05) is 5.32 Å². The molecule has 2 heterocycles. The Balaban J connectivity index is 1.71. The Morgan fingerprint density at radius 1 is 0.906 bits per heavy atom. The molecule has 0 aliphatic carbocycles. The summed E-state index contributed by atoms with van der Waals surface area (Å²) in [6.07, 6.45) is 0. The smallest absolute Gasteiger partial charge is 0.278 e. The molecule has 0 saturated heterocycles. The van der Waals surface area contributed by atoms with E-state index in [1.165, 1.54) is 4.90 Å². The Morgan fingerprint density at radius 2 is 1.59 bits per heavy atom. The van der Waals surface area contributed by atoms with Crippen LogP contribution >= 0.6 is 35.0 Å². The molecule has 0 unspecified atom stereocenters. The van der Waals surface area contributed by atoms with Gasteiger partial charge in [-0.25, -0.2) is 9.97 Å². The van der Waals surface area contributed by atoms with Crippen molar-refractivity contribution in [2.24, 2.45) is 0 Å². The van der Waals surface area contributed by atoms with Gasteiger partial charge < -0.3 is 5.32 Å². The van der Waals surface area contributed by atoms with Crippen molar-refractivity contribution in [1.29, 1.82) is 0 Å². The highest BCUT2D eigenvalue weighted by Crippen LogP contribution is 2.36. The monoisotopic (exact) mass is 484 g/mol. The average molecular weight is 485 g/mol. The van der Waals surface area contributed by atoms with E-state index in [0.717, 1.165) is 28.7 Å². The average Bonchev–Trinajstić information content (AvgIpc) is 2.95. The summed E-state index contributed by atoms with van der Waals surface area (Å²) in [4.78, 5) is 36.8. The lowest BCUT2D eigenvalue weighted by Crippen LogP contribution is -2.31. The largest absolute Gasteiger partial charge is 0.350 e. The number of carbonyl (C=O) groups excluding carboxylic acids is 2. The van der Waals surface area contributed by atoms with Crippen molar-refractivity contribution in [3.63, 3.8) is 0 Å². The van der Waals surface area contributed by atoms with Crippen LogP contribution in [0.1, 0.15) is 17.0 Å². The number of benzene rings is 2. The molecule has 1 N–H and O–H groups in total. The summed E-state index contributed by atoms with van der Waals surface area (Å²) >= 11 is 13.2. The number of nitrogens with one attached hydrogen (secondary N) is 1. The Labute approximate surface area is 199 Å². The highest BCUT2D eigenvalue weighted by Gasteiger charge is 2.39. The fraction of sp³-hybridized carbons (Fsp3) is 0.130. The van der Waals surface area contributed by atoms with Crippen molar-refractivity contribution in [1.82, 2.24) is 14.9 Å². The lowest BCUT2D eigenvalue weighted by molar-refractivity contribution is -0.137. The van der Waals surface area contributed by atoms with Crippen LogP contribution in [0.5, 0.6) is 0 Å². The van der Waals surface area contributed by atoms with Crippen LogP contribution in [0.4, 0.5) is 5.69 Å². The number of hydrogen-bond acceptors (Lipinski definition) is 6. The number of aromatic nitrogens is 2. The normalized spacial score (nSPS) is 13.8. The molecule has 9 heteroatoms. The van der Waals surface area contributed by atoms with Crippen molar-refractivity contribution >= 4 is 52.5 Å². The van der Waals surface area contributed by atoms with E-state index in [1.807, 2.05) is 50.2 Å². The summed E-state index contributed by atoms with van der Waals surface area (Å²) in [5.74, 6) is -0.842. The van der Waals surface area contributed by atoms with Crippen LogP contribution in [-0.4, -0.2) is 26.7 Å². The third-order valence-corrected chi connectivity index (χ3v) is 6.34. The van der Waals surface area contributed by atoms with Crippen molar-refractivity contribution in [3.8, 4) is 0 Å². The molecule has 0 bridgehead atoms. The number of nitrogens with zero attached hydrogens (tertiary/aromatic N) is 3. The number of imide groups is 1. The van der Waals surface area contributed by atoms with Gasteiger partial charge in [-0.3, -0.25) is 14.5 Å². The number of anilines is 1. The molecule has 1 aromatic heterocycles. The molecule has 6 nitrogen and oxygen atoms in total. The molecule has 2 aromatic carbocycles. The Hall–Kier alpha value is -2.87. The molecule has 162 valence electrons. The van der Waals surface area contributed by atoms with Gasteiger partial charge in [-0.1, -0.05) is 53.5 Å². The van der Waals surface area contributed by atoms with Gasteiger partial charge >= 0.3 is 0 Å². The summed E-state index contributed by atoms with van der Waals surface area (Å²) in [6.45, 7) is 3.86. The highest BCUT2D eigenvalue weighted by molar-refractivity contribution is 8.04. The van der Waals surface area contributed by atoms with E-state index in [2.05, 4.69) is 15.3 Å². The summed E-state index contributed by atoms with van der Waals surface area (Å²) < 4.78 is 0. The van der Waals surface area contributed by atoms with E-state index in [4.69, 9.17) is 23.2 Å². The highest BCUT2D eigenvalue weighted by atomic mass is 35.5. The lowest BCUT2D eigenvalue weighted by Gasteiger charge is -2.15. The second-order valence-corrected chi connectivity index (χ2v) is 8.97. The molecular weight excluding hydrogens is 467 g/mol. The second kappa shape index (κ2) is 9.32. The Kier molecular flexibility index (Phi) is 6.50. The molecule has 0 fully saturated rings. The SMILES string of the molecule is Cc1cc(C)nc(SC2=C(Nc3ccc(Cl)c(Cl)c3)C(=O)N(Cc3ccccc3)C2=O)n1. The molecular formula is C23H18Cl2N4O2S. The standard InChI is InChI=1S/C23H18Cl2N4O2S/c1-13-10-14(2)27-23(26-13)32-20-19(28-16-8-9-17(24)18(25)11-16)21(30)29(22(20)31)12-15-6-4-3-5-7-15/h3-11,28H,12H2,1-2H3. The van der Waals surface area contributed by atoms with Crippen LogP contribution in [0.2, 0.25) is 10.0 Å². The van der Waals surface area contributed by atoms with E-state index in [0.29, 0.717) is 20.9 Å². The molecule has 4 rings (SSSR count). The molecule has 1 aliphatic heterocycles. The van der Waals surface area contributed by atoms with E-state index in [-0.39, 0.29) is 17.1 Å². The van der Waals surface area contributed by atoms with Gasteiger partial charge in [-0.2, -0.15) is 0 Å². The summed E-state index contributed by atoms with van der Waals surface area (Å²) in [6, 6.07) is 16.1. The lowest BCUT2D eigenvalue weighted by atomic mass is 10.2. The van der Waals surface area contributed by atoms with Gasteiger partial charge in [0.15, 0.2) is 5.16 Å². The maximum Gasteiger partial charge on any atom is 0.278 e. The molecule has 3 aromatic rings. The minimum absolute atomic E-state index is 0.150. The zero-order valence-corrected chi connectivity index (χ0v) is 19.6. The first-order valence-electron chi connectivity index (χ1n) is 9.68. The third kappa shape index (κ3) is 4.80. The number of halogens is 2. The zero-order chi connectivity index (χ0) is 22.8. The van der Waals surface area contributed by atoms with E-state index >= 15 is 0 Å². The Morgan fingerprint density at radius 3 is 2.25 bits per heavy atom. The maximum atomic E-state index is 13.3. The summed E-state index contributed by atoms with van der Waals surface area (Å²) in [5.41, 5.74) is 3.08. The van der Waals surface area contributed by atoms with Gasteiger partial charge in [-0.05, 0) is 55.4 Å². The number of carbonyl (C=O) groups is 2. The van der Waals surface area contributed by atoms with Crippen LogP contribution in [0.25, 0.3) is 0 Å². The predicted molar refractivity (Wildman–Crippen MR) is 126 cm³/mol. The fourth-order valence-electron chi connectivity index (χ4n) is 3.22. The van der Waals surface area contributed by atoms with E-state index in [1.54, 1.807) is 18.2 Å². The number of thioether (sulfide) groups is 1. The van der Waals surface area contributed by atoms with Gasteiger partial charge in [0, 0.05) is 17.1 Å². The minimum atomic E-state index is -0.434. The summed E-state index contributed by atoms with van der Waals surface area (Å²) in [7, 11) is 0. The van der Waals surface area contributed by atoms with Crippen molar-refractivity contribution < 1.29 is 9.59 Å². The zero-order valence-electron chi connectivity index (χ0n) is 17.2. The fourth-order valence-corrected chi connectivity index (χ4v) is 4.51. The molecule has 0 saturated carbocycles. The summed E-state index contributed by atoms with van der Waals surface area (Å²) in [5, 5.41) is 4.18. The number of hydrogen-bond donors (Lipinski definition) is 1. The van der Waals surface area contributed by atoms with E-state index < -0.39 is 11.8 Å². The first kappa shape index (κ1) is 22.3. The van der Waals surface area contributed by atoms with Gasteiger partial charge in [0.2, 0.25) is 0 Å². The van der Waals surface area contributed by atoms with Gasteiger partial charge in [0.25, 0.3) is 11.8 Å². The second-order valence-electron chi connectivity index (χ2n) is 7.18. The Bertz CT molecular complexity index is 1230. The topological polar surface area (TPSA) is 75.2 Å². The number of aryl methyl sites for hydroxylation is 2. The molecule has 0 spiro atoms. The van der Waals surface area contributed by atoms with Crippen molar-refractivity contribution in [3.05, 3.63) is 92.2 Å². The quantitative estimate of drug-likeness (QED) is 0.373. The van der Waals surface area contributed by atoms with Crippen LogP contribution in [0.15, 0.2) is 70.4 Å². The van der Waals surface area contributed by atoms with Gasteiger partial charge in [-0.15, -0.1) is 0 Å². The van der Waals surface area contributed by atoms with Crippen LogP contribution in [0.3, 0.4) is 0 Å². The molecule has 0 atom stereocenters. The number of rotatable bonds is 6. The van der Waals surface area contributed by atoms with Crippen molar-refractivity contribution in [2.45, 2.75) is 25.5 Å². The molecule has 0 radical (unpaired) electrons. The van der Waals surface area contributed by atoms with Crippen LogP contribution < -0.4 is 5.32 Å². The van der Waals surface area contributed by atoms with Gasteiger partial charge in [0.05, 0.1) is 16.6 Å². The first-order chi connectivity index (χ1) is 15.3. The van der Waals surface area contributed by atoms with Crippen LogP contribution in [0, 0.1) is 13.8 Å². The molecule has 1 aliphatic rings. The maximum absolute atomic E-state index is 13.3. The third-order valence-electron chi connectivity index (χ3n) is 4.65. The number of amides is 2. The van der Waals surface area contributed by atoms with E-state index in [9.17, 15) is 9.59 Å². The minimum Gasteiger partial charge on any atom is -0.350 e.